The molecule has 5 rings (SSSR count). The number of carbonyl (C=O) groups excluding carboxylic acids is 1. The SMILES string of the molecule is CC1=C(C(=O)Nc2cc(C(=O)O)ccn2)C(c2ccccc2Cl)N=C(Nc2nc3cc(N)ccc3o2)N1. The van der Waals surface area contributed by atoms with Gasteiger partial charge in [0.25, 0.3) is 5.91 Å². The number of benzene rings is 2. The van der Waals surface area contributed by atoms with Crippen molar-refractivity contribution in [3.8, 4) is 0 Å². The molecule has 1 amide bonds. The van der Waals surface area contributed by atoms with Crippen LogP contribution in [-0.4, -0.2) is 32.9 Å². The van der Waals surface area contributed by atoms with Crippen molar-refractivity contribution in [2.24, 2.45) is 4.99 Å². The summed E-state index contributed by atoms with van der Waals surface area (Å²) in [6.07, 6.45) is 1.30. The van der Waals surface area contributed by atoms with Gasteiger partial charge < -0.3 is 25.9 Å². The van der Waals surface area contributed by atoms with E-state index in [-0.39, 0.29) is 28.9 Å². The number of aromatic carboxylic acids is 1. The number of aromatic nitrogens is 2. The lowest BCUT2D eigenvalue weighted by molar-refractivity contribution is -0.113. The van der Waals surface area contributed by atoms with Gasteiger partial charge in [-0.25, -0.2) is 14.8 Å². The number of allylic oxidation sites excluding steroid dienone is 1. The second-order valence-electron chi connectivity index (χ2n) is 8.13. The van der Waals surface area contributed by atoms with E-state index in [2.05, 4.69) is 30.9 Å². The third kappa shape index (κ3) is 4.93. The van der Waals surface area contributed by atoms with Crippen LogP contribution in [0, 0.1) is 0 Å². The lowest BCUT2D eigenvalue weighted by atomic mass is 9.95. The number of nitrogens with zero attached hydrogens (tertiary/aromatic N) is 3. The lowest BCUT2D eigenvalue weighted by Gasteiger charge is -2.26. The summed E-state index contributed by atoms with van der Waals surface area (Å²) >= 11 is 6.48. The zero-order valence-corrected chi connectivity index (χ0v) is 20.1. The molecule has 2 aromatic heterocycles. The van der Waals surface area contributed by atoms with E-state index >= 15 is 0 Å². The molecule has 12 heteroatoms. The molecule has 0 fully saturated rings. The Kier molecular flexibility index (Phi) is 6.20. The molecule has 37 heavy (non-hydrogen) atoms. The molecule has 4 aromatic rings. The summed E-state index contributed by atoms with van der Waals surface area (Å²) in [5.74, 6) is -1.29. The number of hydrogen-bond acceptors (Lipinski definition) is 9. The molecule has 2 aromatic carbocycles. The number of anilines is 3. The van der Waals surface area contributed by atoms with Gasteiger partial charge in [0.1, 0.15) is 17.4 Å². The topological polar surface area (TPSA) is 168 Å². The third-order valence-electron chi connectivity index (χ3n) is 5.57. The van der Waals surface area contributed by atoms with Crippen LogP contribution < -0.4 is 21.7 Å². The summed E-state index contributed by atoms with van der Waals surface area (Å²) in [4.78, 5) is 37.8. The lowest BCUT2D eigenvalue weighted by Crippen LogP contribution is -2.37. The van der Waals surface area contributed by atoms with Crippen LogP contribution in [0.5, 0.6) is 0 Å². The summed E-state index contributed by atoms with van der Waals surface area (Å²) in [6, 6.07) is 14.1. The Morgan fingerprint density at radius 2 is 1.97 bits per heavy atom. The standard InChI is InChI=1S/C25H20ClN7O4/c1-12-20(22(34)31-19-10-13(23(35)36)8-9-28-19)21(15-4-2-3-5-16(15)26)32-24(29-12)33-25-30-17-11-14(27)6-7-18(17)37-25/h2-11,21H,27H2,1H3,(H,35,36)(H,28,31,34)(H2,29,30,32,33). The quantitative estimate of drug-likeness (QED) is 0.244. The minimum absolute atomic E-state index is 0.00924. The molecule has 3 heterocycles. The predicted octanol–water partition coefficient (Wildman–Crippen LogP) is 4.18. The van der Waals surface area contributed by atoms with Crippen LogP contribution in [0.25, 0.3) is 11.1 Å². The van der Waals surface area contributed by atoms with Gasteiger partial charge in [0.15, 0.2) is 5.58 Å². The number of aliphatic imine (C=N–C) groups is 1. The van der Waals surface area contributed by atoms with Crippen molar-refractivity contribution in [1.82, 2.24) is 15.3 Å². The van der Waals surface area contributed by atoms with Gasteiger partial charge in [-0.2, -0.15) is 4.98 Å². The second kappa shape index (κ2) is 9.63. The summed E-state index contributed by atoms with van der Waals surface area (Å²) in [6.45, 7) is 1.71. The molecule has 0 aliphatic carbocycles. The zero-order valence-electron chi connectivity index (χ0n) is 19.3. The maximum Gasteiger partial charge on any atom is 0.335 e. The first-order valence-corrected chi connectivity index (χ1v) is 11.4. The molecule has 0 bridgehead atoms. The fourth-order valence-electron chi connectivity index (χ4n) is 3.87. The first-order valence-electron chi connectivity index (χ1n) is 11.0. The molecule has 0 radical (unpaired) electrons. The fourth-order valence-corrected chi connectivity index (χ4v) is 4.11. The number of halogens is 1. The Balaban J connectivity index is 1.48. The van der Waals surface area contributed by atoms with Crippen LogP contribution in [-0.2, 0) is 4.79 Å². The second-order valence-corrected chi connectivity index (χ2v) is 8.53. The number of fused-ring (bicyclic) bond motifs is 1. The number of guanidine groups is 1. The molecule has 6 N–H and O–H groups in total. The number of rotatable bonds is 5. The summed E-state index contributed by atoms with van der Waals surface area (Å²) in [5.41, 5.74) is 8.83. The number of oxazole rings is 1. The van der Waals surface area contributed by atoms with Gasteiger partial charge >= 0.3 is 12.0 Å². The third-order valence-corrected chi connectivity index (χ3v) is 5.92. The number of carboxylic acid groups (broad SMARTS) is 1. The Morgan fingerprint density at radius 1 is 1.16 bits per heavy atom. The highest BCUT2D eigenvalue weighted by molar-refractivity contribution is 6.31. The molecule has 0 saturated carbocycles. The minimum atomic E-state index is -1.14. The normalized spacial score (nSPS) is 15.2. The van der Waals surface area contributed by atoms with E-state index in [1.54, 1.807) is 49.4 Å². The molecule has 11 nitrogen and oxygen atoms in total. The van der Waals surface area contributed by atoms with E-state index in [9.17, 15) is 14.7 Å². The number of carboxylic acids is 1. The van der Waals surface area contributed by atoms with Crippen molar-refractivity contribution in [3.63, 3.8) is 0 Å². The molecule has 1 unspecified atom stereocenters. The summed E-state index contributed by atoms with van der Waals surface area (Å²) < 4.78 is 5.73. The smallest absolute Gasteiger partial charge is 0.335 e. The van der Waals surface area contributed by atoms with Crippen LogP contribution in [0.3, 0.4) is 0 Å². The minimum Gasteiger partial charge on any atom is -0.478 e. The molecule has 0 spiro atoms. The van der Waals surface area contributed by atoms with Gasteiger partial charge in [-0.1, -0.05) is 29.8 Å². The van der Waals surface area contributed by atoms with Crippen molar-refractivity contribution < 1.29 is 19.1 Å². The largest absolute Gasteiger partial charge is 0.478 e. The predicted molar refractivity (Wildman–Crippen MR) is 139 cm³/mol. The summed E-state index contributed by atoms with van der Waals surface area (Å²) in [5, 5.41) is 18.4. The van der Waals surface area contributed by atoms with Gasteiger partial charge in [0.2, 0.25) is 5.96 Å². The van der Waals surface area contributed by atoms with Crippen LogP contribution in [0.15, 0.2) is 81.5 Å². The van der Waals surface area contributed by atoms with Crippen molar-refractivity contribution in [3.05, 3.63) is 88.2 Å². The van der Waals surface area contributed by atoms with Gasteiger partial charge in [-0.05, 0) is 43.3 Å². The van der Waals surface area contributed by atoms with E-state index < -0.39 is 17.9 Å². The van der Waals surface area contributed by atoms with Crippen LogP contribution in [0.2, 0.25) is 5.02 Å². The molecule has 0 saturated heterocycles. The molecular weight excluding hydrogens is 498 g/mol. The van der Waals surface area contributed by atoms with Crippen LogP contribution in [0.1, 0.15) is 28.9 Å². The van der Waals surface area contributed by atoms with Gasteiger partial charge in [-0.3, -0.25) is 10.1 Å². The monoisotopic (exact) mass is 517 g/mol. The van der Waals surface area contributed by atoms with Gasteiger partial charge in [0, 0.05) is 28.2 Å². The van der Waals surface area contributed by atoms with Crippen LogP contribution in [0.4, 0.5) is 17.5 Å². The average molecular weight is 518 g/mol. The molecular formula is C25H20ClN7O4. The van der Waals surface area contributed by atoms with E-state index in [0.717, 1.165) is 0 Å². The number of pyridine rings is 1. The van der Waals surface area contributed by atoms with E-state index in [4.69, 9.17) is 21.8 Å². The first kappa shape index (κ1) is 23.8. The van der Waals surface area contributed by atoms with Gasteiger partial charge in [-0.15, -0.1) is 0 Å². The van der Waals surface area contributed by atoms with Crippen LogP contribution >= 0.6 is 11.6 Å². The Morgan fingerprint density at radius 3 is 2.76 bits per heavy atom. The Labute approximate surface area is 215 Å². The summed E-state index contributed by atoms with van der Waals surface area (Å²) in [7, 11) is 0. The number of amides is 1. The average Bonchev–Trinajstić information content (AvgIpc) is 3.25. The van der Waals surface area contributed by atoms with E-state index in [1.165, 1.54) is 18.3 Å². The van der Waals surface area contributed by atoms with Crippen molar-refractivity contribution >= 4 is 58.1 Å². The van der Waals surface area contributed by atoms with Crippen molar-refractivity contribution in [2.75, 3.05) is 16.4 Å². The van der Waals surface area contributed by atoms with E-state index in [1.807, 2.05) is 0 Å². The Hall–Kier alpha value is -4.90. The van der Waals surface area contributed by atoms with E-state index in [0.29, 0.717) is 33.1 Å². The number of nitrogens with two attached hydrogens (primary N) is 1. The number of nitrogen functional groups attached to an aromatic ring is 1. The Bertz CT molecular complexity index is 1610. The van der Waals surface area contributed by atoms with Crippen molar-refractivity contribution in [1.29, 1.82) is 0 Å². The van der Waals surface area contributed by atoms with Gasteiger partial charge in [0.05, 0.1) is 11.1 Å². The first-order chi connectivity index (χ1) is 17.8. The maximum absolute atomic E-state index is 13.4. The number of nitrogens with one attached hydrogen (secondary N) is 3. The maximum atomic E-state index is 13.4. The fraction of sp³-hybridized carbons (Fsp3) is 0.0800. The number of hydrogen-bond donors (Lipinski definition) is 5. The highest BCUT2D eigenvalue weighted by Gasteiger charge is 2.31. The molecule has 186 valence electrons. The molecule has 1 aliphatic rings. The highest BCUT2D eigenvalue weighted by atomic mass is 35.5. The molecule has 1 atom stereocenters. The zero-order chi connectivity index (χ0) is 26.1. The molecule has 1 aliphatic heterocycles. The highest BCUT2D eigenvalue weighted by Crippen LogP contribution is 2.35. The number of carbonyl (C=O) groups is 2. The van der Waals surface area contributed by atoms with Crippen molar-refractivity contribution in [2.45, 2.75) is 13.0 Å².